The minimum atomic E-state index is -0.679. The number of aromatic nitrogens is 1. The highest BCUT2D eigenvalue weighted by atomic mass is 32.1. The number of carbonyl (C=O) groups is 2. The number of rotatable bonds is 7. The largest absolute Gasteiger partial charge is 0.465 e. The second-order valence-electron chi connectivity index (χ2n) is 9.90. The van der Waals surface area contributed by atoms with Crippen LogP contribution in [0.1, 0.15) is 66.9 Å². The first-order valence-corrected chi connectivity index (χ1v) is 14.1. The fourth-order valence-electron chi connectivity index (χ4n) is 4.80. The molecule has 0 spiro atoms. The van der Waals surface area contributed by atoms with E-state index in [4.69, 9.17) is 13.9 Å². The number of methoxy groups -OCH3 is 1. The molecule has 210 valence electrons. The monoisotopic (exact) mass is 570 g/mol. The Hall–Kier alpha value is -4.50. The Bertz CT molecular complexity index is 1840. The van der Waals surface area contributed by atoms with Gasteiger partial charge >= 0.3 is 11.9 Å². The molecule has 0 aliphatic carbocycles. The topological polar surface area (TPSA) is 100 Å². The number of hydrogen-bond acceptors (Lipinski definition) is 8. The maximum absolute atomic E-state index is 13.9. The molecule has 0 fully saturated rings. The molecule has 0 amide bonds. The van der Waals surface area contributed by atoms with Crippen molar-refractivity contribution in [2.75, 3.05) is 13.7 Å². The van der Waals surface area contributed by atoms with Gasteiger partial charge in [0.05, 0.1) is 41.1 Å². The van der Waals surface area contributed by atoms with Gasteiger partial charge in [0.2, 0.25) is 0 Å². The third kappa shape index (κ3) is 5.45. The molecular weight excluding hydrogens is 540 g/mol. The molecule has 3 heterocycles. The first-order chi connectivity index (χ1) is 19.7. The average molecular weight is 571 g/mol. The van der Waals surface area contributed by atoms with Gasteiger partial charge in [-0.3, -0.25) is 9.36 Å². The summed E-state index contributed by atoms with van der Waals surface area (Å²) in [5, 5.41) is 0. The summed E-state index contributed by atoms with van der Waals surface area (Å²) in [6.07, 6.45) is 1.67. The quantitative estimate of drug-likeness (QED) is 0.291. The summed E-state index contributed by atoms with van der Waals surface area (Å²) >= 11 is 1.23. The Kier molecular flexibility index (Phi) is 7.90. The van der Waals surface area contributed by atoms with Gasteiger partial charge in [0, 0.05) is 11.6 Å². The van der Waals surface area contributed by atoms with Gasteiger partial charge in [-0.05, 0) is 55.2 Å². The van der Waals surface area contributed by atoms with Crippen molar-refractivity contribution >= 4 is 29.4 Å². The van der Waals surface area contributed by atoms with Crippen LogP contribution in [0.3, 0.4) is 0 Å². The van der Waals surface area contributed by atoms with Crippen LogP contribution in [-0.2, 0) is 14.3 Å². The van der Waals surface area contributed by atoms with Crippen molar-refractivity contribution in [1.29, 1.82) is 0 Å². The zero-order valence-electron chi connectivity index (χ0n) is 23.5. The van der Waals surface area contributed by atoms with E-state index in [9.17, 15) is 14.4 Å². The number of nitrogens with zero attached hydrogens (tertiary/aromatic N) is 2. The van der Waals surface area contributed by atoms with Gasteiger partial charge < -0.3 is 13.9 Å². The number of thiazole rings is 1. The third-order valence-corrected chi connectivity index (χ3v) is 7.89. The lowest BCUT2D eigenvalue weighted by Gasteiger charge is -2.25. The second-order valence-corrected chi connectivity index (χ2v) is 10.9. The summed E-state index contributed by atoms with van der Waals surface area (Å²) in [6.45, 7) is 7.95. The molecule has 9 heteroatoms. The molecule has 4 aromatic rings. The van der Waals surface area contributed by atoms with Gasteiger partial charge in [0.1, 0.15) is 11.5 Å². The highest BCUT2D eigenvalue weighted by Gasteiger charge is 2.33. The number of benzene rings is 2. The molecular formula is C32H30N2O6S. The van der Waals surface area contributed by atoms with Crippen molar-refractivity contribution in [2.45, 2.75) is 39.7 Å². The van der Waals surface area contributed by atoms with E-state index in [2.05, 4.69) is 18.8 Å². The predicted octanol–water partition coefficient (Wildman–Crippen LogP) is 4.97. The lowest BCUT2D eigenvalue weighted by Crippen LogP contribution is -2.39. The molecule has 2 aromatic carbocycles. The highest BCUT2D eigenvalue weighted by Crippen LogP contribution is 2.31. The van der Waals surface area contributed by atoms with Crippen LogP contribution in [0.25, 0.3) is 17.4 Å². The number of allylic oxidation sites excluding steroid dienone is 1. The van der Waals surface area contributed by atoms with Crippen LogP contribution in [0.5, 0.6) is 0 Å². The third-order valence-electron chi connectivity index (χ3n) is 6.90. The fraction of sp³-hybridized carbons (Fsp3) is 0.250. The van der Waals surface area contributed by atoms with Crippen LogP contribution >= 0.6 is 11.3 Å². The van der Waals surface area contributed by atoms with E-state index >= 15 is 0 Å². The number of hydrogen-bond donors (Lipinski definition) is 0. The minimum absolute atomic E-state index is 0.211. The Morgan fingerprint density at radius 2 is 1.85 bits per heavy atom. The Balaban J connectivity index is 1.59. The van der Waals surface area contributed by atoms with Crippen molar-refractivity contribution in [1.82, 2.24) is 4.57 Å². The lowest BCUT2D eigenvalue weighted by molar-refractivity contribution is -0.139. The molecule has 0 saturated heterocycles. The zero-order valence-corrected chi connectivity index (χ0v) is 24.3. The van der Waals surface area contributed by atoms with Crippen LogP contribution in [0.15, 0.2) is 86.1 Å². The number of furan rings is 1. The smallest absolute Gasteiger partial charge is 0.338 e. The van der Waals surface area contributed by atoms with Gasteiger partial charge in [-0.25, -0.2) is 14.6 Å². The SMILES string of the molecule is CCOC(=O)C1=C(C)N=c2s/c(=C\c3ccc(-c4cccc(C(=O)OC)c4)o3)c(=O)n2C1c1ccc(C(C)C)cc1. The summed E-state index contributed by atoms with van der Waals surface area (Å²) in [7, 11) is 1.33. The van der Waals surface area contributed by atoms with Crippen LogP contribution in [0, 0.1) is 0 Å². The van der Waals surface area contributed by atoms with E-state index in [1.807, 2.05) is 30.3 Å². The molecule has 0 radical (unpaired) electrons. The van der Waals surface area contributed by atoms with Crippen molar-refractivity contribution < 1.29 is 23.5 Å². The molecule has 1 atom stereocenters. The maximum Gasteiger partial charge on any atom is 0.338 e. The van der Waals surface area contributed by atoms with Gasteiger partial charge in [-0.2, -0.15) is 0 Å². The fourth-order valence-corrected chi connectivity index (χ4v) is 5.83. The van der Waals surface area contributed by atoms with E-state index in [0.29, 0.717) is 49.2 Å². The van der Waals surface area contributed by atoms with Crippen LogP contribution in [0.2, 0.25) is 0 Å². The summed E-state index contributed by atoms with van der Waals surface area (Å²) < 4.78 is 18.2. The number of esters is 2. The van der Waals surface area contributed by atoms with Crippen LogP contribution < -0.4 is 14.9 Å². The van der Waals surface area contributed by atoms with Crippen molar-refractivity contribution in [3.63, 3.8) is 0 Å². The molecule has 1 aliphatic heterocycles. The molecule has 1 aliphatic rings. The summed E-state index contributed by atoms with van der Waals surface area (Å²) in [6, 6.07) is 17.7. The first kappa shape index (κ1) is 28.0. The molecule has 0 saturated carbocycles. The molecule has 5 rings (SSSR count). The highest BCUT2D eigenvalue weighted by molar-refractivity contribution is 7.07. The average Bonchev–Trinajstić information content (AvgIpc) is 3.56. The van der Waals surface area contributed by atoms with Gasteiger partial charge in [0.15, 0.2) is 4.80 Å². The standard InChI is InChI=1S/C32H30N2O6S/c1-6-39-31(37)27-19(4)33-32-34(28(27)21-12-10-20(11-13-21)18(2)3)29(35)26(41-32)17-24-14-15-25(40-24)22-8-7-9-23(16-22)30(36)38-5/h7-18,28H,6H2,1-5H3/b26-17-. The summed E-state index contributed by atoms with van der Waals surface area (Å²) in [4.78, 5) is 44.0. The molecule has 0 N–H and O–H groups in total. The molecule has 0 bridgehead atoms. The molecule has 8 nitrogen and oxygen atoms in total. The van der Waals surface area contributed by atoms with Crippen LogP contribution in [-0.4, -0.2) is 30.2 Å². The Morgan fingerprint density at radius 3 is 2.54 bits per heavy atom. The zero-order chi connectivity index (χ0) is 29.3. The summed E-state index contributed by atoms with van der Waals surface area (Å²) in [5.41, 5.74) is 3.63. The Labute approximate surface area is 240 Å². The van der Waals surface area contributed by atoms with Crippen molar-refractivity contribution in [2.24, 2.45) is 4.99 Å². The number of carbonyl (C=O) groups excluding carboxylic acids is 2. The lowest BCUT2D eigenvalue weighted by atomic mass is 9.93. The minimum Gasteiger partial charge on any atom is -0.465 e. The van der Waals surface area contributed by atoms with Crippen LogP contribution in [0.4, 0.5) is 0 Å². The van der Waals surface area contributed by atoms with E-state index in [0.717, 1.165) is 11.1 Å². The van der Waals surface area contributed by atoms with Gasteiger partial charge in [-0.15, -0.1) is 0 Å². The van der Waals surface area contributed by atoms with E-state index in [1.165, 1.54) is 18.4 Å². The normalized spacial score (nSPS) is 15.1. The second kappa shape index (κ2) is 11.5. The molecule has 41 heavy (non-hydrogen) atoms. The van der Waals surface area contributed by atoms with Gasteiger partial charge in [0.25, 0.3) is 5.56 Å². The van der Waals surface area contributed by atoms with Crippen molar-refractivity contribution in [3.05, 3.63) is 114 Å². The molecule has 2 aromatic heterocycles. The van der Waals surface area contributed by atoms with E-state index in [-0.39, 0.29) is 12.2 Å². The first-order valence-electron chi connectivity index (χ1n) is 13.3. The predicted molar refractivity (Wildman–Crippen MR) is 156 cm³/mol. The van der Waals surface area contributed by atoms with E-state index < -0.39 is 18.0 Å². The van der Waals surface area contributed by atoms with Crippen molar-refractivity contribution in [3.8, 4) is 11.3 Å². The maximum atomic E-state index is 13.9. The van der Waals surface area contributed by atoms with E-state index in [1.54, 1.807) is 54.8 Å². The number of fused-ring (bicyclic) bond motifs is 1. The van der Waals surface area contributed by atoms with Gasteiger partial charge in [-0.1, -0.05) is 61.6 Å². The molecule has 1 unspecified atom stereocenters. The summed E-state index contributed by atoms with van der Waals surface area (Å²) in [5.74, 6) is 0.414. The Morgan fingerprint density at radius 1 is 1.10 bits per heavy atom. The number of ether oxygens (including phenoxy) is 2.